The second-order valence-electron chi connectivity index (χ2n) is 11.3. The minimum absolute atomic E-state index is 0.00126. The number of alkyl halides is 6. The molecule has 1 aliphatic carbocycles. The Morgan fingerprint density at radius 3 is 2.05 bits per heavy atom. The molecule has 0 aromatic heterocycles. The number of halogens is 6. The Hall–Kier alpha value is -3.08. The normalized spacial score (nSPS) is 24.5. The smallest absolute Gasteiger partial charge is 0.346 e. The van der Waals surface area contributed by atoms with Crippen molar-refractivity contribution in [3.63, 3.8) is 0 Å². The molecule has 2 aliphatic rings. The Labute approximate surface area is 229 Å². The number of carbonyl (C=O) groups is 2. The molecule has 2 aromatic rings. The van der Waals surface area contributed by atoms with Crippen LogP contribution in [0.15, 0.2) is 48.5 Å². The summed E-state index contributed by atoms with van der Waals surface area (Å²) < 4.78 is 80.5. The summed E-state index contributed by atoms with van der Waals surface area (Å²) in [5, 5.41) is 6.21. The van der Waals surface area contributed by atoms with Gasteiger partial charge in [-0.2, -0.15) is 26.3 Å². The lowest BCUT2D eigenvalue weighted by molar-refractivity contribution is -0.144. The molecule has 0 bridgehead atoms. The number of piperazine rings is 1. The standard InChI is InChI=1S/C29H33F6N3O2/c1-18(19-15-21(28(30,31)32)17-22(16-19)29(33,34)35)24(39)37-27(20-7-5-4-6-8-20)11-9-23(10-12-27)38-14-13-36-26(2,3)25(38)40/h4-8,15-18,23,36H,9-14H2,1-3H3,(H,37,39)/t18-,23?,27?/m0/s1. The van der Waals surface area contributed by atoms with Crippen molar-refractivity contribution in [3.05, 3.63) is 70.8 Å². The molecule has 1 heterocycles. The van der Waals surface area contributed by atoms with Crippen LogP contribution in [0.3, 0.4) is 0 Å². The van der Waals surface area contributed by atoms with Crippen LogP contribution in [0.5, 0.6) is 0 Å². The molecule has 40 heavy (non-hydrogen) atoms. The van der Waals surface area contributed by atoms with Crippen molar-refractivity contribution in [2.75, 3.05) is 13.1 Å². The first kappa shape index (κ1) is 29.9. The zero-order chi connectivity index (χ0) is 29.5. The molecule has 4 rings (SSSR count). The topological polar surface area (TPSA) is 61.4 Å². The highest BCUT2D eigenvalue weighted by atomic mass is 19.4. The number of carbonyl (C=O) groups excluding carboxylic acids is 2. The van der Waals surface area contributed by atoms with Gasteiger partial charge in [0.2, 0.25) is 11.8 Å². The second kappa shape index (κ2) is 10.7. The summed E-state index contributed by atoms with van der Waals surface area (Å²) in [6.45, 7) is 6.18. The quantitative estimate of drug-likeness (QED) is 0.435. The van der Waals surface area contributed by atoms with Gasteiger partial charge in [0.25, 0.3) is 0 Å². The van der Waals surface area contributed by atoms with Gasteiger partial charge in [0.1, 0.15) is 0 Å². The third-order valence-corrected chi connectivity index (χ3v) is 8.16. The van der Waals surface area contributed by atoms with Gasteiger partial charge in [0.15, 0.2) is 0 Å². The monoisotopic (exact) mass is 569 g/mol. The molecule has 2 N–H and O–H groups in total. The number of hydrogen-bond acceptors (Lipinski definition) is 3. The predicted molar refractivity (Wildman–Crippen MR) is 137 cm³/mol. The fourth-order valence-electron chi connectivity index (χ4n) is 5.75. The number of nitrogens with one attached hydrogen (secondary N) is 2. The van der Waals surface area contributed by atoms with Gasteiger partial charge in [-0.3, -0.25) is 9.59 Å². The van der Waals surface area contributed by atoms with Crippen molar-refractivity contribution in [2.24, 2.45) is 0 Å². The summed E-state index contributed by atoms with van der Waals surface area (Å²) in [6, 6.07) is 10.3. The van der Waals surface area contributed by atoms with Crippen LogP contribution in [0.1, 0.15) is 74.6 Å². The fraction of sp³-hybridized carbons (Fsp3) is 0.517. The molecule has 1 saturated heterocycles. The van der Waals surface area contributed by atoms with E-state index >= 15 is 0 Å². The molecule has 5 nitrogen and oxygen atoms in total. The van der Waals surface area contributed by atoms with Gasteiger partial charge < -0.3 is 15.5 Å². The molecule has 218 valence electrons. The Morgan fingerprint density at radius 1 is 0.975 bits per heavy atom. The molecule has 1 saturated carbocycles. The lowest BCUT2D eigenvalue weighted by Gasteiger charge is -2.48. The van der Waals surface area contributed by atoms with E-state index in [1.165, 1.54) is 6.92 Å². The Kier molecular flexibility index (Phi) is 8.01. The van der Waals surface area contributed by atoms with Crippen LogP contribution < -0.4 is 10.6 Å². The van der Waals surface area contributed by atoms with Gasteiger partial charge in [-0.25, -0.2) is 0 Å². The van der Waals surface area contributed by atoms with Crippen LogP contribution in [0.4, 0.5) is 26.3 Å². The van der Waals surface area contributed by atoms with Crippen molar-refractivity contribution < 1.29 is 35.9 Å². The molecular formula is C29H33F6N3O2. The summed E-state index contributed by atoms with van der Waals surface area (Å²) in [7, 11) is 0. The van der Waals surface area contributed by atoms with E-state index in [1.807, 2.05) is 49.1 Å². The summed E-state index contributed by atoms with van der Waals surface area (Å²) in [6.07, 6.45) is -7.96. The maximum Gasteiger partial charge on any atom is 0.416 e. The molecular weight excluding hydrogens is 536 g/mol. The van der Waals surface area contributed by atoms with Crippen molar-refractivity contribution >= 4 is 11.8 Å². The average Bonchev–Trinajstić information content (AvgIpc) is 2.89. The van der Waals surface area contributed by atoms with E-state index < -0.39 is 46.4 Å². The molecule has 11 heteroatoms. The first-order chi connectivity index (χ1) is 18.5. The lowest BCUT2D eigenvalue weighted by Crippen LogP contribution is -2.64. The minimum Gasteiger partial charge on any atom is -0.346 e. The van der Waals surface area contributed by atoms with Gasteiger partial charge in [0.05, 0.1) is 28.1 Å². The number of amides is 2. The zero-order valence-electron chi connectivity index (χ0n) is 22.5. The van der Waals surface area contributed by atoms with Crippen LogP contribution in [0.2, 0.25) is 0 Å². The molecule has 2 amide bonds. The SMILES string of the molecule is C[C@H](C(=O)NC1(c2ccccc2)CCC(N2CCNC(C)(C)C2=O)CC1)c1cc(C(F)(F)F)cc(C(F)(F)F)c1. The summed E-state index contributed by atoms with van der Waals surface area (Å²) in [4.78, 5) is 28.4. The van der Waals surface area contributed by atoms with Crippen LogP contribution >= 0.6 is 0 Å². The van der Waals surface area contributed by atoms with Crippen LogP contribution in [0.25, 0.3) is 0 Å². The highest BCUT2D eigenvalue weighted by Crippen LogP contribution is 2.41. The van der Waals surface area contributed by atoms with E-state index in [1.54, 1.807) is 0 Å². The molecule has 2 fully saturated rings. The van der Waals surface area contributed by atoms with Gasteiger partial charge >= 0.3 is 12.4 Å². The number of hydrogen-bond donors (Lipinski definition) is 2. The van der Waals surface area contributed by atoms with E-state index in [0.29, 0.717) is 50.9 Å². The predicted octanol–water partition coefficient (Wildman–Crippen LogP) is 5.99. The number of rotatable bonds is 5. The van der Waals surface area contributed by atoms with Crippen molar-refractivity contribution in [2.45, 2.75) is 81.8 Å². The Morgan fingerprint density at radius 2 is 1.52 bits per heavy atom. The van der Waals surface area contributed by atoms with E-state index in [2.05, 4.69) is 10.6 Å². The van der Waals surface area contributed by atoms with E-state index in [4.69, 9.17) is 0 Å². The van der Waals surface area contributed by atoms with Crippen LogP contribution in [-0.2, 0) is 27.5 Å². The van der Waals surface area contributed by atoms with E-state index in [0.717, 1.165) is 5.56 Å². The van der Waals surface area contributed by atoms with E-state index in [9.17, 15) is 35.9 Å². The minimum atomic E-state index is -5.01. The van der Waals surface area contributed by atoms with Gasteiger partial charge in [-0.15, -0.1) is 0 Å². The van der Waals surface area contributed by atoms with Crippen molar-refractivity contribution in [1.29, 1.82) is 0 Å². The van der Waals surface area contributed by atoms with Crippen LogP contribution in [-0.4, -0.2) is 41.4 Å². The van der Waals surface area contributed by atoms with E-state index in [-0.39, 0.29) is 23.6 Å². The largest absolute Gasteiger partial charge is 0.416 e. The summed E-state index contributed by atoms with van der Waals surface area (Å²) in [5.74, 6) is -1.95. The summed E-state index contributed by atoms with van der Waals surface area (Å²) in [5.41, 5.74) is -4.07. The first-order valence-corrected chi connectivity index (χ1v) is 13.3. The van der Waals surface area contributed by atoms with Gasteiger partial charge in [-0.05, 0) is 75.8 Å². The third-order valence-electron chi connectivity index (χ3n) is 8.16. The van der Waals surface area contributed by atoms with Crippen molar-refractivity contribution in [1.82, 2.24) is 15.5 Å². The zero-order valence-corrected chi connectivity index (χ0v) is 22.5. The first-order valence-electron chi connectivity index (χ1n) is 13.3. The Balaban J connectivity index is 1.60. The molecule has 1 atom stereocenters. The maximum atomic E-state index is 13.5. The fourth-order valence-corrected chi connectivity index (χ4v) is 5.75. The third kappa shape index (κ3) is 6.14. The molecule has 0 spiro atoms. The van der Waals surface area contributed by atoms with Gasteiger partial charge in [-0.1, -0.05) is 30.3 Å². The number of nitrogens with zero attached hydrogens (tertiary/aromatic N) is 1. The lowest BCUT2D eigenvalue weighted by atomic mass is 9.73. The maximum absolute atomic E-state index is 13.5. The molecule has 2 aromatic carbocycles. The highest BCUT2D eigenvalue weighted by molar-refractivity contribution is 5.86. The van der Waals surface area contributed by atoms with Gasteiger partial charge in [0, 0.05) is 19.1 Å². The summed E-state index contributed by atoms with van der Waals surface area (Å²) >= 11 is 0. The highest BCUT2D eigenvalue weighted by Gasteiger charge is 2.45. The molecule has 0 radical (unpaired) electrons. The second-order valence-corrected chi connectivity index (χ2v) is 11.3. The molecule has 0 unspecified atom stereocenters. The number of benzene rings is 2. The van der Waals surface area contributed by atoms with Crippen molar-refractivity contribution in [3.8, 4) is 0 Å². The average molecular weight is 570 g/mol. The Bertz CT molecular complexity index is 1200. The molecule has 1 aliphatic heterocycles. The van der Waals surface area contributed by atoms with Crippen LogP contribution in [0, 0.1) is 0 Å².